The molecule has 1 fully saturated rings. The van der Waals surface area contributed by atoms with Gasteiger partial charge < -0.3 is 15.6 Å². The fourth-order valence-corrected chi connectivity index (χ4v) is 2.77. The van der Waals surface area contributed by atoms with Crippen molar-refractivity contribution in [2.24, 2.45) is 0 Å². The zero-order valence-electron chi connectivity index (χ0n) is 14.5. The average Bonchev–Trinajstić information content (AvgIpc) is 2.86. The molecule has 3 heterocycles. The maximum Gasteiger partial charge on any atom is 0.389 e. The maximum absolute atomic E-state index is 14.0. The third-order valence-corrected chi connectivity index (χ3v) is 3.93. The molecule has 7 nitrogen and oxygen atoms in total. The second-order valence-corrected chi connectivity index (χ2v) is 6.19. The molecule has 0 saturated carbocycles. The van der Waals surface area contributed by atoms with Crippen molar-refractivity contribution in [2.45, 2.75) is 44.4 Å². The largest absolute Gasteiger partial charge is 0.391 e. The van der Waals surface area contributed by atoms with E-state index in [0.29, 0.717) is 6.61 Å². The molecule has 1 aliphatic heterocycles. The van der Waals surface area contributed by atoms with Crippen molar-refractivity contribution in [1.82, 2.24) is 14.6 Å². The second-order valence-electron chi connectivity index (χ2n) is 6.19. The Morgan fingerprint density at radius 2 is 2.22 bits per heavy atom. The Balaban J connectivity index is 0.000000313. The van der Waals surface area contributed by atoms with Crippen LogP contribution in [-0.4, -0.2) is 45.2 Å². The van der Waals surface area contributed by atoms with E-state index < -0.39 is 29.9 Å². The van der Waals surface area contributed by atoms with Gasteiger partial charge in [-0.1, -0.05) is 6.92 Å². The summed E-state index contributed by atoms with van der Waals surface area (Å²) >= 11 is 0. The number of rotatable bonds is 2. The highest BCUT2D eigenvalue weighted by molar-refractivity contribution is 5.58. The monoisotopic (exact) mass is 389 g/mol. The first kappa shape index (κ1) is 20.9. The van der Waals surface area contributed by atoms with E-state index in [9.17, 15) is 17.6 Å². The highest BCUT2D eigenvalue weighted by atomic mass is 19.4. The fraction of sp³-hybridized carbons (Fsp3) is 0.562. The number of aromatic nitrogens is 3. The van der Waals surface area contributed by atoms with E-state index >= 15 is 0 Å². The van der Waals surface area contributed by atoms with Crippen LogP contribution in [0.25, 0.3) is 5.52 Å². The maximum atomic E-state index is 14.0. The summed E-state index contributed by atoms with van der Waals surface area (Å²) in [6.45, 7) is 2.62. The van der Waals surface area contributed by atoms with Gasteiger partial charge in [-0.15, -0.1) is 5.10 Å². The number of nitrogen functional groups attached to an aromatic ring is 1. The number of alkyl halides is 3. The summed E-state index contributed by atoms with van der Waals surface area (Å²) in [6, 6.07) is 1.57. The Bertz CT molecular complexity index is 825. The van der Waals surface area contributed by atoms with Gasteiger partial charge in [0.1, 0.15) is 17.1 Å². The van der Waals surface area contributed by atoms with Gasteiger partial charge in [0.2, 0.25) is 5.95 Å². The fourth-order valence-electron chi connectivity index (χ4n) is 2.77. The van der Waals surface area contributed by atoms with Crippen LogP contribution in [-0.2, 0) is 4.74 Å². The summed E-state index contributed by atoms with van der Waals surface area (Å²) in [5.74, 6) is -2.31. The number of halogens is 4. The quantitative estimate of drug-likeness (QED) is 0.764. The van der Waals surface area contributed by atoms with E-state index in [4.69, 9.17) is 20.8 Å². The molecule has 27 heavy (non-hydrogen) atoms. The first-order valence-electron chi connectivity index (χ1n) is 8.19. The molecule has 0 bridgehead atoms. The second kappa shape index (κ2) is 8.49. The van der Waals surface area contributed by atoms with Crippen LogP contribution in [0.15, 0.2) is 6.20 Å². The molecule has 148 valence electrons. The van der Waals surface area contributed by atoms with E-state index in [2.05, 4.69) is 10.1 Å². The van der Waals surface area contributed by atoms with Crippen LogP contribution in [0.3, 0.4) is 0 Å². The van der Waals surface area contributed by atoms with E-state index in [1.54, 1.807) is 6.07 Å². The minimum Gasteiger partial charge on any atom is -0.391 e. The molecule has 3 rings (SSSR count). The van der Waals surface area contributed by atoms with E-state index in [-0.39, 0.29) is 23.3 Å². The first-order valence-corrected chi connectivity index (χ1v) is 8.19. The zero-order valence-corrected chi connectivity index (χ0v) is 14.5. The van der Waals surface area contributed by atoms with Crippen molar-refractivity contribution in [3.63, 3.8) is 0 Å². The molecule has 2 aromatic rings. The van der Waals surface area contributed by atoms with Gasteiger partial charge >= 0.3 is 6.18 Å². The molecule has 2 unspecified atom stereocenters. The molecular weight excluding hydrogens is 370 g/mol. The molecule has 2 atom stereocenters. The van der Waals surface area contributed by atoms with Crippen LogP contribution in [0.1, 0.15) is 43.4 Å². The number of ether oxygens (including phenoxy) is 1. The molecule has 1 saturated heterocycles. The lowest BCUT2D eigenvalue weighted by atomic mass is 10.0. The van der Waals surface area contributed by atoms with Crippen LogP contribution in [0.5, 0.6) is 0 Å². The Labute approximate surface area is 152 Å². The van der Waals surface area contributed by atoms with Gasteiger partial charge in [0, 0.05) is 12.5 Å². The van der Waals surface area contributed by atoms with Crippen LogP contribution >= 0.6 is 0 Å². The Hall–Kier alpha value is -2.45. The molecule has 11 heteroatoms. The number of nitrogens with zero attached hydrogens (tertiary/aromatic N) is 4. The van der Waals surface area contributed by atoms with Crippen molar-refractivity contribution in [1.29, 1.82) is 5.26 Å². The molecule has 3 N–H and O–H groups in total. The van der Waals surface area contributed by atoms with Crippen molar-refractivity contribution in [3.8, 4) is 6.07 Å². The summed E-state index contributed by atoms with van der Waals surface area (Å²) in [5.41, 5.74) is 4.54. The Morgan fingerprint density at radius 1 is 1.52 bits per heavy atom. The van der Waals surface area contributed by atoms with Crippen LogP contribution < -0.4 is 5.73 Å². The predicted octanol–water partition coefficient (Wildman–Crippen LogP) is 2.54. The predicted molar refractivity (Wildman–Crippen MR) is 87.2 cm³/mol. The highest BCUT2D eigenvalue weighted by Gasteiger charge is 2.34. The topological polar surface area (TPSA) is 109 Å². The molecule has 2 aromatic heterocycles. The summed E-state index contributed by atoms with van der Waals surface area (Å²) in [6.07, 6.45) is -2.86. The number of hydrogen-bond donors (Lipinski definition) is 2. The van der Waals surface area contributed by atoms with Crippen LogP contribution in [0, 0.1) is 17.1 Å². The normalized spacial score (nSPS) is 18.5. The van der Waals surface area contributed by atoms with Crippen LogP contribution in [0.4, 0.5) is 23.5 Å². The lowest BCUT2D eigenvalue weighted by Crippen LogP contribution is -2.21. The summed E-state index contributed by atoms with van der Waals surface area (Å²) in [5, 5.41) is 21.4. The van der Waals surface area contributed by atoms with Crippen molar-refractivity contribution in [2.75, 3.05) is 18.9 Å². The van der Waals surface area contributed by atoms with Gasteiger partial charge in [-0.2, -0.15) is 18.4 Å². The average molecular weight is 389 g/mol. The molecule has 1 aliphatic rings. The molecular formula is C16H19F4N5O2. The molecule has 0 amide bonds. The summed E-state index contributed by atoms with van der Waals surface area (Å²) < 4.78 is 57.2. The standard InChI is InChI=1S/C11H9F4N5.C5H10O2/c1-5(2-11(13,14)15)9-6(3-16)8(12)7-4-18-10(17)19-20(7)9;6-5-2-1-3-7-4-5/h4-5H,2H2,1H3,(H2,17,19);5-6H,1-4H2. The summed E-state index contributed by atoms with van der Waals surface area (Å²) in [4.78, 5) is 3.57. The van der Waals surface area contributed by atoms with Gasteiger partial charge in [-0.05, 0) is 12.8 Å². The van der Waals surface area contributed by atoms with Gasteiger partial charge in [-0.25, -0.2) is 13.9 Å². The van der Waals surface area contributed by atoms with Gasteiger partial charge in [-0.3, -0.25) is 0 Å². The number of aliphatic hydroxyl groups excluding tert-OH is 1. The first-order chi connectivity index (χ1) is 12.6. The lowest BCUT2D eigenvalue weighted by Gasteiger charge is -2.15. The van der Waals surface area contributed by atoms with Crippen molar-refractivity contribution >= 4 is 11.5 Å². The number of nitriles is 1. The zero-order chi connectivity index (χ0) is 20.2. The number of anilines is 1. The Kier molecular flexibility index (Phi) is 6.56. The smallest absolute Gasteiger partial charge is 0.389 e. The van der Waals surface area contributed by atoms with Gasteiger partial charge in [0.05, 0.1) is 31.0 Å². The minimum atomic E-state index is -4.44. The van der Waals surface area contributed by atoms with Crippen molar-refractivity contribution in [3.05, 3.63) is 23.3 Å². The SMILES string of the molecule is CC(CC(F)(F)F)c1c(C#N)c(F)c2cnc(N)nn12.OC1CCCOC1. The number of nitrogens with two attached hydrogens (primary N) is 1. The number of fused-ring (bicyclic) bond motifs is 1. The molecule has 0 aliphatic carbocycles. The van der Waals surface area contributed by atoms with Crippen LogP contribution in [0.2, 0.25) is 0 Å². The summed E-state index contributed by atoms with van der Waals surface area (Å²) in [7, 11) is 0. The van der Waals surface area contributed by atoms with E-state index in [1.807, 2.05) is 0 Å². The highest BCUT2D eigenvalue weighted by Crippen LogP contribution is 2.34. The Morgan fingerprint density at radius 3 is 2.70 bits per heavy atom. The van der Waals surface area contributed by atoms with Gasteiger partial charge in [0.25, 0.3) is 0 Å². The van der Waals surface area contributed by atoms with Crippen molar-refractivity contribution < 1.29 is 27.4 Å². The minimum absolute atomic E-state index is 0.161. The molecule has 0 aromatic carbocycles. The number of hydrogen-bond acceptors (Lipinski definition) is 6. The molecule has 0 spiro atoms. The number of aliphatic hydroxyl groups is 1. The van der Waals surface area contributed by atoms with E-state index in [1.165, 1.54) is 6.92 Å². The third-order valence-electron chi connectivity index (χ3n) is 3.93. The van der Waals surface area contributed by atoms with Gasteiger partial charge in [0.15, 0.2) is 5.82 Å². The lowest BCUT2D eigenvalue weighted by molar-refractivity contribution is -0.138. The van der Waals surface area contributed by atoms with E-state index in [0.717, 1.165) is 30.2 Å². The third kappa shape index (κ3) is 5.27. The molecule has 0 radical (unpaired) electrons.